The summed E-state index contributed by atoms with van der Waals surface area (Å²) in [6, 6.07) is 10.7. The first-order valence-electron chi connectivity index (χ1n) is 9.21. The fourth-order valence-electron chi connectivity index (χ4n) is 3.22. The van der Waals surface area contributed by atoms with Crippen LogP contribution in [0.15, 0.2) is 48.7 Å². The van der Waals surface area contributed by atoms with Crippen LogP contribution in [0.3, 0.4) is 0 Å². The van der Waals surface area contributed by atoms with Gasteiger partial charge in [0.2, 0.25) is 0 Å². The van der Waals surface area contributed by atoms with Gasteiger partial charge in [-0.05, 0) is 18.2 Å². The van der Waals surface area contributed by atoms with Crippen LogP contribution in [0.1, 0.15) is 5.56 Å². The standard InChI is InChI=1S/C21H15Cl2F3N4O2/c1-30-16-8-18(27-9-11-4-2-3-5-17(11)32-21(24,25)26)28-10-13(16)19(29-30)12-6-14(22)20(31)15(23)7-12/h2-8,10,31H,9H2,1H3,(H,27,28). The van der Waals surface area contributed by atoms with Gasteiger partial charge in [-0.1, -0.05) is 41.4 Å². The summed E-state index contributed by atoms with van der Waals surface area (Å²) in [6.07, 6.45) is -3.19. The smallest absolute Gasteiger partial charge is 0.505 e. The van der Waals surface area contributed by atoms with Gasteiger partial charge in [-0.2, -0.15) is 5.10 Å². The van der Waals surface area contributed by atoms with Gasteiger partial charge in [0.05, 0.1) is 15.6 Å². The third kappa shape index (κ3) is 4.53. The number of phenolic OH excluding ortho intramolecular Hbond substituents is 1. The molecule has 166 valence electrons. The number of anilines is 1. The Hall–Kier alpha value is -3.17. The summed E-state index contributed by atoms with van der Waals surface area (Å²) < 4.78 is 43.6. The van der Waals surface area contributed by atoms with Gasteiger partial charge in [0, 0.05) is 42.4 Å². The van der Waals surface area contributed by atoms with Crippen molar-refractivity contribution in [2.24, 2.45) is 7.05 Å². The van der Waals surface area contributed by atoms with Gasteiger partial charge < -0.3 is 15.2 Å². The molecule has 0 spiro atoms. The van der Waals surface area contributed by atoms with Crippen molar-refractivity contribution >= 4 is 39.9 Å². The number of rotatable bonds is 5. The molecule has 0 saturated carbocycles. The summed E-state index contributed by atoms with van der Waals surface area (Å²) in [6.45, 7) is 0.0681. The predicted molar refractivity (Wildman–Crippen MR) is 116 cm³/mol. The number of ether oxygens (including phenoxy) is 1. The molecule has 0 aliphatic carbocycles. The summed E-state index contributed by atoms with van der Waals surface area (Å²) in [5, 5.41) is 18.2. The first-order valence-corrected chi connectivity index (χ1v) is 9.96. The van der Waals surface area contributed by atoms with E-state index in [1.807, 2.05) is 0 Å². The second-order valence-corrected chi connectivity index (χ2v) is 7.67. The average molecular weight is 483 g/mol. The van der Waals surface area contributed by atoms with Crippen molar-refractivity contribution in [3.63, 3.8) is 0 Å². The molecule has 0 amide bonds. The molecule has 0 unspecified atom stereocenters. The van der Waals surface area contributed by atoms with Gasteiger partial charge in [0.25, 0.3) is 0 Å². The highest BCUT2D eigenvalue weighted by Crippen LogP contribution is 2.38. The van der Waals surface area contributed by atoms with Crippen molar-refractivity contribution in [1.82, 2.24) is 14.8 Å². The SMILES string of the molecule is Cn1nc(-c2cc(Cl)c(O)c(Cl)c2)c2cnc(NCc3ccccc3OC(F)(F)F)cc21. The molecular formula is C21H15Cl2F3N4O2. The molecule has 4 rings (SSSR count). The van der Waals surface area contributed by atoms with Gasteiger partial charge in [-0.25, -0.2) is 4.98 Å². The minimum absolute atomic E-state index is 0.0681. The molecule has 2 heterocycles. The summed E-state index contributed by atoms with van der Waals surface area (Å²) in [5.74, 6) is -0.0511. The van der Waals surface area contributed by atoms with Crippen molar-refractivity contribution < 1.29 is 23.0 Å². The molecule has 0 aliphatic heterocycles. The fraction of sp³-hybridized carbons (Fsp3) is 0.143. The Morgan fingerprint density at radius 1 is 1.12 bits per heavy atom. The maximum Gasteiger partial charge on any atom is 0.573 e. The van der Waals surface area contributed by atoms with Crippen LogP contribution in [0.25, 0.3) is 22.2 Å². The Morgan fingerprint density at radius 3 is 2.50 bits per heavy atom. The molecule has 11 heteroatoms. The number of alkyl halides is 3. The van der Waals surface area contributed by atoms with Crippen molar-refractivity contribution in [3.8, 4) is 22.8 Å². The van der Waals surface area contributed by atoms with Crippen LogP contribution in [0.2, 0.25) is 10.0 Å². The molecule has 0 saturated heterocycles. The summed E-state index contributed by atoms with van der Waals surface area (Å²) >= 11 is 12.1. The fourth-order valence-corrected chi connectivity index (χ4v) is 3.71. The summed E-state index contributed by atoms with van der Waals surface area (Å²) in [5.41, 5.74) is 2.21. The third-order valence-corrected chi connectivity index (χ3v) is 5.26. The van der Waals surface area contributed by atoms with E-state index in [-0.39, 0.29) is 28.1 Å². The highest BCUT2D eigenvalue weighted by atomic mass is 35.5. The lowest BCUT2D eigenvalue weighted by Gasteiger charge is -2.14. The lowest BCUT2D eigenvalue weighted by atomic mass is 10.1. The lowest BCUT2D eigenvalue weighted by Crippen LogP contribution is -2.18. The van der Waals surface area contributed by atoms with Gasteiger partial charge >= 0.3 is 6.36 Å². The zero-order chi connectivity index (χ0) is 23.0. The Balaban J connectivity index is 1.62. The van der Waals surface area contributed by atoms with E-state index < -0.39 is 6.36 Å². The summed E-state index contributed by atoms with van der Waals surface area (Å²) in [4.78, 5) is 4.35. The minimum Gasteiger partial charge on any atom is -0.505 e. The number of halogens is 5. The van der Waals surface area contributed by atoms with Crippen LogP contribution >= 0.6 is 23.2 Å². The van der Waals surface area contributed by atoms with Crippen LogP contribution in [-0.2, 0) is 13.6 Å². The van der Waals surface area contributed by atoms with Crippen molar-refractivity contribution in [2.45, 2.75) is 12.9 Å². The van der Waals surface area contributed by atoms with Gasteiger partial charge in [0.1, 0.15) is 17.3 Å². The van der Waals surface area contributed by atoms with Crippen molar-refractivity contribution in [2.75, 3.05) is 5.32 Å². The first kappa shape index (κ1) is 22.0. The Kier molecular flexibility index (Phi) is 5.79. The number of aromatic nitrogens is 3. The molecule has 0 radical (unpaired) electrons. The maximum atomic E-state index is 12.6. The number of hydrogen-bond donors (Lipinski definition) is 2. The van der Waals surface area contributed by atoms with Crippen LogP contribution in [0, 0.1) is 0 Å². The number of fused-ring (bicyclic) bond motifs is 1. The zero-order valence-electron chi connectivity index (χ0n) is 16.4. The van der Waals surface area contributed by atoms with E-state index in [1.165, 1.54) is 18.2 Å². The van der Waals surface area contributed by atoms with Crippen LogP contribution < -0.4 is 10.1 Å². The van der Waals surface area contributed by atoms with E-state index in [1.54, 1.807) is 42.2 Å². The quantitative estimate of drug-likeness (QED) is 0.356. The van der Waals surface area contributed by atoms with E-state index in [9.17, 15) is 18.3 Å². The molecule has 32 heavy (non-hydrogen) atoms. The molecule has 2 aromatic heterocycles. The molecule has 6 nitrogen and oxygen atoms in total. The average Bonchev–Trinajstić information content (AvgIpc) is 3.06. The van der Waals surface area contributed by atoms with E-state index in [4.69, 9.17) is 23.2 Å². The number of pyridine rings is 1. The number of benzene rings is 2. The molecule has 0 bridgehead atoms. The molecule has 0 fully saturated rings. The Labute approximate surface area is 190 Å². The predicted octanol–water partition coefficient (Wildman–Crippen LogP) is 6.16. The highest BCUT2D eigenvalue weighted by Gasteiger charge is 2.32. The Bertz CT molecular complexity index is 1290. The molecule has 0 atom stereocenters. The number of nitrogens with one attached hydrogen (secondary N) is 1. The number of nitrogens with zero attached hydrogens (tertiary/aromatic N) is 3. The number of aromatic hydroxyl groups is 1. The molecule has 2 N–H and O–H groups in total. The zero-order valence-corrected chi connectivity index (χ0v) is 17.9. The summed E-state index contributed by atoms with van der Waals surface area (Å²) in [7, 11) is 1.74. The van der Waals surface area contributed by atoms with E-state index in [0.717, 1.165) is 5.52 Å². The largest absolute Gasteiger partial charge is 0.573 e. The second kappa shape index (κ2) is 8.40. The van der Waals surface area contributed by atoms with Crippen LogP contribution in [-0.4, -0.2) is 26.2 Å². The maximum absolute atomic E-state index is 12.6. The molecule has 4 aromatic rings. The number of phenols is 1. The number of aryl methyl sites for hydroxylation is 1. The monoisotopic (exact) mass is 482 g/mol. The highest BCUT2D eigenvalue weighted by molar-refractivity contribution is 6.37. The van der Waals surface area contributed by atoms with E-state index in [2.05, 4.69) is 20.1 Å². The Morgan fingerprint density at radius 2 is 1.81 bits per heavy atom. The van der Waals surface area contributed by atoms with Crippen molar-refractivity contribution in [1.29, 1.82) is 0 Å². The van der Waals surface area contributed by atoms with E-state index in [0.29, 0.717) is 28.0 Å². The van der Waals surface area contributed by atoms with Gasteiger partial charge in [-0.15, -0.1) is 13.2 Å². The minimum atomic E-state index is -4.78. The van der Waals surface area contributed by atoms with Crippen LogP contribution in [0.5, 0.6) is 11.5 Å². The van der Waals surface area contributed by atoms with E-state index >= 15 is 0 Å². The number of hydrogen-bond acceptors (Lipinski definition) is 5. The molecular weight excluding hydrogens is 468 g/mol. The normalized spacial score (nSPS) is 11.7. The van der Waals surface area contributed by atoms with Crippen molar-refractivity contribution in [3.05, 3.63) is 64.3 Å². The first-order chi connectivity index (χ1) is 15.1. The van der Waals surface area contributed by atoms with Gasteiger partial charge in [-0.3, -0.25) is 4.68 Å². The lowest BCUT2D eigenvalue weighted by molar-refractivity contribution is -0.274. The topological polar surface area (TPSA) is 72.2 Å². The number of para-hydroxylation sites is 1. The third-order valence-electron chi connectivity index (χ3n) is 4.68. The second-order valence-electron chi connectivity index (χ2n) is 6.86. The van der Waals surface area contributed by atoms with Crippen LogP contribution in [0.4, 0.5) is 19.0 Å². The molecule has 2 aromatic carbocycles. The molecule has 0 aliphatic rings. The van der Waals surface area contributed by atoms with Gasteiger partial charge in [0.15, 0.2) is 5.75 Å².